The molecule has 0 heterocycles. The monoisotopic (exact) mass is 222 g/mol. The Bertz CT molecular complexity index is 262. The second kappa shape index (κ2) is 6.78. The predicted molar refractivity (Wildman–Crippen MR) is 55.6 cm³/mol. The Labute approximate surface area is 85.0 Å². The zero-order chi connectivity index (χ0) is 11.0. The molecular weight excluding hydrogens is 204 g/mol. The number of rotatable bonds is 7. The first-order chi connectivity index (χ1) is 6.52. The zero-order valence-corrected chi connectivity index (χ0v) is 9.27. The maximum absolute atomic E-state index is 11.2. The van der Waals surface area contributed by atoms with Crippen molar-refractivity contribution in [2.24, 2.45) is 5.73 Å². The molecule has 0 bridgehead atoms. The number of sulfone groups is 1. The number of amides is 1. The summed E-state index contributed by atoms with van der Waals surface area (Å²) in [6.45, 7) is 2.75. The Morgan fingerprint density at radius 2 is 2.07 bits per heavy atom. The van der Waals surface area contributed by atoms with E-state index in [-0.39, 0.29) is 5.75 Å². The fourth-order valence-corrected chi connectivity index (χ4v) is 2.14. The summed E-state index contributed by atoms with van der Waals surface area (Å²) in [5.74, 6) is -0.861. The van der Waals surface area contributed by atoms with Crippen LogP contribution in [-0.2, 0) is 14.6 Å². The van der Waals surface area contributed by atoms with Gasteiger partial charge in [-0.25, -0.2) is 8.42 Å². The summed E-state index contributed by atoms with van der Waals surface area (Å²) < 4.78 is 22.5. The molecule has 14 heavy (non-hydrogen) atoms. The van der Waals surface area contributed by atoms with Crippen molar-refractivity contribution >= 4 is 15.7 Å². The van der Waals surface area contributed by atoms with Crippen LogP contribution in [0.4, 0.5) is 0 Å². The topological polar surface area (TPSA) is 89.3 Å². The van der Waals surface area contributed by atoms with Crippen LogP contribution in [0.5, 0.6) is 0 Å². The van der Waals surface area contributed by atoms with Gasteiger partial charge in [0.25, 0.3) is 0 Å². The van der Waals surface area contributed by atoms with Crippen LogP contribution < -0.4 is 11.1 Å². The van der Waals surface area contributed by atoms with E-state index in [0.717, 1.165) is 6.42 Å². The van der Waals surface area contributed by atoms with Gasteiger partial charge in [-0.3, -0.25) is 4.79 Å². The number of hydrogen-bond donors (Lipinski definition) is 2. The quantitative estimate of drug-likeness (QED) is 0.594. The standard InChI is InChI=1S/C8H18N2O3S/c1-2-5-10-8(11)7-14(12,13)6-3-4-9/h2-7,9H2,1H3,(H,10,11). The molecule has 0 aliphatic rings. The first-order valence-electron chi connectivity index (χ1n) is 4.69. The van der Waals surface area contributed by atoms with Crippen molar-refractivity contribution in [3.8, 4) is 0 Å². The maximum atomic E-state index is 11.2. The van der Waals surface area contributed by atoms with E-state index < -0.39 is 21.5 Å². The lowest BCUT2D eigenvalue weighted by molar-refractivity contribution is -0.118. The molecule has 5 nitrogen and oxygen atoms in total. The molecule has 0 aliphatic heterocycles. The third kappa shape index (κ3) is 6.85. The van der Waals surface area contributed by atoms with E-state index in [4.69, 9.17) is 5.73 Å². The third-order valence-corrected chi connectivity index (χ3v) is 3.20. The van der Waals surface area contributed by atoms with Gasteiger partial charge in [0.2, 0.25) is 5.91 Å². The predicted octanol–water partition coefficient (Wildman–Crippen LogP) is -0.724. The molecule has 0 saturated carbocycles. The Kier molecular flexibility index (Phi) is 6.48. The Morgan fingerprint density at radius 1 is 1.43 bits per heavy atom. The summed E-state index contributed by atoms with van der Waals surface area (Å²) in [5, 5.41) is 2.52. The van der Waals surface area contributed by atoms with Crippen LogP contribution in [0.3, 0.4) is 0 Å². The smallest absolute Gasteiger partial charge is 0.235 e. The van der Waals surface area contributed by atoms with Gasteiger partial charge in [0.05, 0.1) is 5.75 Å². The number of nitrogens with one attached hydrogen (secondary N) is 1. The van der Waals surface area contributed by atoms with Crippen molar-refractivity contribution < 1.29 is 13.2 Å². The van der Waals surface area contributed by atoms with Gasteiger partial charge in [-0.15, -0.1) is 0 Å². The summed E-state index contributed by atoms with van der Waals surface area (Å²) in [6.07, 6.45) is 1.21. The summed E-state index contributed by atoms with van der Waals surface area (Å²) >= 11 is 0. The van der Waals surface area contributed by atoms with Gasteiger partial charge in [-0.1, -0.05) is 6.92 Å². The van der Waals surface area contributed by atoms with Crippen LogP contribution in [0.25, 0.3) is 0 Å². The first-order valence-corrected chi connectivity index (χ1v) is 6.51. The molecule has 1 amide bonds. The Morgan fingerprint density at radius 3 is 2.57 bits per heavy atom. The van der Waals surface area contributed by atoms with Gasteiger partial charge >= 0.3 is 0 Å². The van der Waals surface area contributed by atoms with Crippen LogP contribution in [0.15, 0.2) is 0 Å². The number of carbonyl (C=O) groups is 1. The molecule has 0 rings (SSSR count). The lowest BCUT2D eigenvalue weighted by Gasteiger charge is -2.04. The molecule has 0 aromatic heterocycles. The molecule has 6 heteroatoms. The molecule has 0 aromatic rings. The van der Waals surface area contributed by atoms with Gasteiger partial charge in [0.1, 0.15) is 5.75 Å². The summed E-state index contributed by atoms with van der Waals surface area (Å²) in [7, 11) is -3.27. The third-order valence-electron chi connectivity index (χ3n) is 1.58. The van der Waals surface area contributed by atoms with Crippen molar-refractivity contribution in [2.45, 2.75) is 19.8 Å². The van der Waals surface area contributed by atoms with Crippen molar-refractivity contribution in [2.75, 3.05) is 24.6 Å². The van der Waals surface area contributed by atoms with Gasteiger partial charge < -0.3 is 11.1 Å². The molecule has 0 fully saturated rings. The normalized spacial score (nSPS) is 11.3. The van der Waals surface area contributed by atoms with E-state index in [2.05, 4.69) is 5.32 Å². The molecule has 0 atom stereocenters. The molecule has 0 saturated heterocycles. The van der Waals surface area contributed by atoms with Crippen LogP contribution >= 0.6 is 0 Å². The van der Waals surface area contributed by atoms with Crippen LogP contribution in [0.1, 0.15) is 19.8 Å². The molecule has 3 N–H and O–H groups in total. The fourth-order valence-electron chi connectivity index (χ4n) is 0.891. The molecular formula is C8H18N2O3S. The average Bonchev–Trinajstić information content (AvgIpc) is 2.11. The number of carbonyl (C=O) groups excluding carboxylic acids is 1. The zero-order valence-electron chi connectivity index (χ0n) is 8.45. The second-order valence-corrected chi connectivity index (χ2v) is 5.27. The van der Waals surface area contributed by atoms with Crippen molar-refractivity contribution in [1.29, 1.82) is 0 Å². The number of nitrogens with two attached hydrogens (primary N) is 1. The molecule has 0 aliphatic carbocycles. The fraction of sp³-hybridized carbons (Fsp3) is 0.875. The largest absolute Gasteiger partial charge is 0.355 e. The van der Waals surface area contributed by atoms with Gasteiger partial charge in [0.15, 0.2) is 9.84 Å². The highest BCUT2D eigenvalue weighted by Crippen LogP contribution is 1.93. The second-order valence-electron chi connectivity index (χ2n) is 3.08. The maximum Gasteiger partial charge on any atom is 0.235 e. The summed E-state index contributed by atoms with van der Waals surface area (Å²) in [5.41, 5.74) is 5.18. The minimum atomic E-state index is -3.27. The molecule has 0 radical (unpaired) electrons. The average molecular weight is 222 g/mol. The van der Waals surface area contributed by atoms with Crippen molar-refractivity contribution in [3.63, 3.8) is 0 Å². The number of hydrogen-bond acceptors (Lipinski definition) is 4. The van der Waals surface area contributed by atoms with E-state index in [1.165, 1.54) is 0 Å². The molecule has 0 unspecified atom stereocenters. The van der Waals surface area contributed by atoms with Gasteiger partial charge in [0, 0.05) is 6.54 Å². The molecule has 0 spiro atoms. The van der Waals surface area contributed by atoms with E-state index in [9.17, 15) is 13.2 Å². The summed E-state index contributed by atoms with van der Waals surface area (Å²) in [6, 6.07) is 0. The highest BCUT2D eigenvalue weighted by Gasteiger charge is 2.15. The van der Waals surface area contributed by atoms with E-state index in [1.54, 1.807) is 0 Å². The van der Waals surface area contributed by atoms with Crippen LogP contribution in [0.2, 0.25) is 0 Å². The highest BCUT2D eigenvalue weighted by atomic mass is 32.2. The minimum absolute atomic E-state index is 0.0109. The van der Waals surface area contributed by atoms with E-state index >= 15 is 0 Å². The molecule has 0 aromatic carbocycles. The van der Waals surface area contributed by atoms with Crippen LogP contribution in [0, 0.1) is 0 Å². The van der Waals surface area contributed by atoms with Gasteiger partial charge in [-0.2, -0.15) is 0 Å². The van der Waals surface area contributed by atoms with Crippen LogP contribution in [-0.4, -0.2) is 38.9 Å². The summed E-state index contributed by atoms with van der Waals surface area (Å²) in [4.78, 5) is 11.1. The first kappa shape index (κ1) is 13.4. The van der Waals surface area contributed by atoms with Crippen molar-refractivity contribution in [1.82, 2.24) is 5.32 Å². The highest BCUT2D eigenvalue weighted by molar-refractivity contribution is 7.92. The lowest BCUT2D eigenvalue weighted by atomic mass is 10.5. The van der Waals surface area contributed by atoms with E-state index in [1.807, 2.05) is 6.92 Å². The van der Waals surface area contributed by atoms with Crippen molar-refractivity contribution in [3.05, 3.63) is 0 Å². The SMILES string of the molecule is CCCNC(=O)CS(=O)(=O)CCCN. The van der Waals surface area contributed by atoms with E-state index in [0.29, 0.717) is 19.5 Å². The molecule has 84 valence electrons. The van der Waals surface area contributed by atoms with Gasteiger partial charge in [-0.05, 0) is 19.4 Å². The minimum Gasteiger partial charge on any atom is -0.355 e. The lowest BCUT2D eigenvalue weighted by Crippen LogP contribution is -2.32. The Balaban J connectivity index is 3.90. The Hall–Kier alpha value is -0.620.